The third-order valence-corrected chi connectivity index (χ3v) is 2.73. The summed E-state index contributed by atoms with van der Waals surface area (Å²) in [4.78, 5) is 11.7. The van der Waals surface area contributed by atoms with E-state index in [-0.39, 0.29) is 17.5 Å². The molecule has 1 aromatic rings. The molecule has 0 radical (unpaired) electrons. The van der Waals surface area contributed by atoms with E-state index in [0.717, 1.165) is 0 Å². The number of methoxy groups -OCH3 is 1. The van der Waals surface area contributed by atoms with Crippen LogP contribution >= 0.6 is 23.8 Å². The summed E-state index contributed by atoms with van der Waals surface area (Å²) >= 11 is 10.8. The Balaban J connectivity index is 2.49. The largest absolute Gasteiger partial charge is 0.482 e. The van der Waals surface area contributed by atoms with Gasteiger partial charge in [0.1, 0.15) is 10.7 Å². The van der Waals surface area contributed by atoms with E-state index in [1.165, 1.54) is 0 Å². The van der Waals surface area contributed by atoms with E-state index in [1.54, 1.807) is 25.3 Å². The van der Waals surface area contributed by atoms with Crippen LogP contribution in [-0.4, -0.2) is 37.8 Å². The van der Waals surface area contributed by atoms with Gasteiger partial charge in [0, 0.05) is 19.2 Å². The number of hydrogen-bond donors (Lipinski definition) is 2. The van der Waals surface area contributed by atoms with Gasteiger partial charge in [-0.15, -0.1) is 0 Å². The van der Waals surface area contributed by atoms with Gasteiger partial charge in [0.2, 0.25) is 0 Å². The normalized spacial score (nSPS) is 10.0. The Morgan fingerprint density at radius 3 is 2.84 bits per heavy atom. The van der Waals surface area contributed by atoms with Crippen LogP contribution in [0.5, 0.6) is 5.75 Å². The van der Waals surface area contributed by atoms with Gasteiger partial charge in [-0.05, 0) is 18.2 Å². The highest BCUT2D eigenvalue weighted by molar-refractivity contribution is 7.80. The van der Waals surface area contributed by atoms with Gasteiger partial charge in [0.25, 0.3) is 5.91 Å². The number of nitrogens with two attached hydrogens (primary N) is 1. The molecule has 1 amide bonds. The molecule has 0 saturated heterocycles. The molecule has 0 aromatic heterocycles. The lowest BCUT2D eigenvalue weighted by Crippen LogP contribution is -2.31. The van der Waals surface area contributed by atoms with Crippen LogP contribution in [-0.2, 0) is 9.53 Å². The van der Waals surface area contributed by atoms with Crippen molar-refractivity contribution in [3.63, 3.8) is 0 Å². The number of ether oxygens (including phenoxy) is 2. The molecule has 7 heteroatoms. The highest BCUT2D eigenvalue weighted by Crippen LogP contribution is 2.25. The lowest BCUT2D eigenvalue weighted by Gasteiger charge is -2.09. The maximum atomic E-state index is 11.4. The Bertz CT molecular complexity index is 468. The monoisotopic (exact) mass is 302 g/mol. The SMILES string of the molecule is COCCNC(=O)COc1ccc(C(N)=S)cc1Cl. The number of amides is 1. The Labute approximate surface area is 122 Å². The lowest BCUT2D eigenvalue weighted by atomic mass is 10.2. The fraction of sp³-hybridized carbons (Fsp3) is 0.333. The number of carbonyl (C=O) groups is 1. The van der Waals surface area contributed by atoms with Gasteiger partial charge in [0.05, 0.1) is 11.6 Å². The van der Waals surface area contributed by atoms with Gasteiger partial charge in [-0.2, -0.15) is 0 Å². The summed E-state index contributed by atoms with van der Waals surface area (Å²) in [5.41, 5.74) is 6.13. The molecule has 0 spiro atoms. The zero-order valence-electron chi connectivity index (χ0n) is 10.4. The number of halogens is 1. The lowest BCUT2D eigenvalue weighted by molar-refractivity contribution is -0.123. The first-order valence-corrected chi connectivity index (χ1v) is 6.31. The third-order valence-electron chi connectivity index (χ3n) is 2.20. The first-order valence-electron chi connectivity index (χ1n) is 5.52. The second-order valence-corrected chi connectivity index (χ2v) is 4.49. The Morgan fingerprint density at radius 2 is 2.26 bits per heavy atom. The maximum Gasteiger partial charge on any atom is 0.258 e. The average molecular weight is 303 g/mol. The van der Waals surface area contributed by atoms with E-state index in [2.05, 4.69) is 5.32 Å². The van der Waals surface area contributed by atoms with E-state index in [9.17, 15) is 4.79 Å². The minimum Gasteiger partial charge on any atom is -0.482 e. The van der Waals surface area contributed by atoms with Crippen LogP contribution in [0.4, 0.5) is 0 Å². The van der Waals surface area contributed by atoms with Gasteiger partial charge in [-0.1, -0.05) is 23.8 Å². The Kier molecular flexibility index (Phi) is 6.55. The molecular weight excluding hydrogens is 288 g/mol. The molecule has 104 valence electrons. The van der Waals surface area contributed by atoms with E-state index < -0.39 is 0 Å². The summed E-state index contributed by atoms with van der Waals surface area (Å²) in [7, 11) is 1.56. The van der Waals surface area contributed by atoms with Crippen LogP contribution in [0.2, 0.25) is 5.02 Å². The summed E-state index contributed by atoms with van der Waals surface area (Å²) in [6, 6.07) is 4.91. The maximum absolute atomic E-state index is 11.4. The number of nitrogens with one attached hydrogen (secondary N) is 1. The second-order valence-electron chi connectivity index (χ2n) is 3.64. The molecule has 5 nitrogen and oxygen atoms in total. The van der Waals surface area contributed by atoms with E-state index in [4.69, 9.17) is 39.0 Å². The van der Waals surface area contributed by atoms with Crippen molar-refractivity contribution in [1.29, 1.82) is 0 Å². The molecule has 0 aliphatic heterocycles. The second kappa shape index (κ2) is 7.93. The minimum absolute atomic E-state index is 0.115. The van der Waals surface area contributed by atoms with Crippen molar-refractivity contribution in [3.05, 3.63) is 28.8 Å². The number of rotatable bonds is 7. The molecule has 0 saturated carbocycles. The highest BCUT2D eigenvalue weighted by atomic mass is 35.5. The van der Waals surface area contributed by atoms with Crippen molar-refractivity contribution in [2.45, 2.75) is 0 Å². The van der Waals surface area contributed by atoms with E-state index in [1.807, 2.05) is 0 Å². The van der Waals surface area contributed by atoms with Gasteiger partial charge in [0.15, 0.2) is 6.61 Å². The summed E-state index contributed by atoms with van der Waals surface area (Å²) in [5, 5.41) is 2.99. The molecule has 0 aliphatic rings. The van der Waals surface area contributed by atoms with Gasteiger partial charge >= 0.3 is 0 Å². The summed E-state index contributed by atoms with van der Waals surface area (Å²) < 4.78 is 10.1. The molecular formula is C12H15ClN2O3S. The average Bonchev–Trinajstić information content (AvgIpc) is 2.37. The molecule has 0 aliphatic carbocycles. The molecule has 0 unspecified atom stereocenters. The number of carbonyl (C=O) groups excluding carboxylic acids is 1. The zero-order chi connectivity index (χ0) is 14.3. The van der Waals surface area contributed by atoms with Crippen LogP contribution in [0.25, 0.3) is 0 Å². The Morgan fingerprint density at radius 1 is 1.53 bits per heavy atom. The number of benzene rings is 1. The fourth-order valence-corrected chi connectivity index (χ4v) is 1.62. The summed E-state index contributed by atoms with van der Waals surface area (Å²) in [6.45, 7) is 0.776. The van der Waals surface area contributed by atoms with Crippen LogP contribution in [0.15, 0.2) is 18.2 Å². The molecule has 3 N–H and O–H groups in total. The quantitative estimate of drug-likeness (QED) is 0.583. The zero-order valence-corrected chi connectivity index (χ0v) is 12.0. The van der Waals surface area contributed by atoms with Gasteiger partial charge < -0.3 is 20.5 Å². The van der Waals surface area contributed by atoms with Crippen LogP contribution in [0.3, 0.4) is 0 Å². The van der Waals surface area contributed by atoms with Crippen molar-refractivity contribution in [2.75, 3.05) is 26.9 Å². The molecule has 19 heavy (non-hydrogen) atoms. The molecule has 0 atom stereocenters. The summed E-state index contributed by atoms with van der Waals surface area (Å²) in [6.07, 6.45) is 0. The van der Waals surface area contributed by atoms with Crippen molar-refractivity contribution in [3.8, 4) is 5.75 Å². The molecule has 1 rings (SSSR count). The smallest absolute Gasteiger partial charge is 0.258 e. The van der Waals surface area contributed by atoms with E-state index >= 15 is 0 Å². The molecule has 1 aromatic carbocycles. The van der Waals surface area contributed by atoms with E-state index in [0.29, 0.717) is 29.5 Å². The number of thiocarbonyl (C=S) groups is 1. The molecule has 0 heterocycles. The van der Waals surface area contributed by atoms with Crippen LogP contribution < -0.4 is 15.8 Å². The Hall–Kier alpha value is -1.37. The predicted molar refractivity (Wildman–Crippen MR) is 77.7 cm³/mol. The molecule has 0 fully saturated rings. The third kappa shape index (κ3) is 5.42. The van der Waals surface area contributed by atoms with Crippen LogP contribution in [0.1, 0.15) is 5.56 Å². The van der Waals surface area contributed by atoms with Crippen molar-refractivity contribution >= 4 is 34.7 Å². The number of hydrogen-bond acceptors (Lipinski definition) is 4. The minimum atomic E-state index is -0.244. The summed E-state index contributed by atoms with van der Waals surface area (Å²) in [5.74, 6) is 0.162. The molecule has 0 bridgehead atoms. The first-order chi connectivity index (χ1) is 9.04. The van der Waals surface area contributed by atoms with Crippen molar-refractivity contribution in [2.24, 2.45) is 5.73 Å². The van der Waals surface area contributed by atoms with Crippen molar-refractivity contribution < 1.29 is 14.3 Å². The van der Waals surface area contributed by atoms with Crippen molar-refractivity contribution in [1.82, 2.24) is 5.32 Å². The predicted octanol–water partition coefficient (Wildman–Crippen LogP) is 1.12. The van der Waals surface area contributed by atoms with Gasteiger partial charge in [-0.3, -0.25) is 4.79 Å². The topological polar surface area (TPSA) is 73.6 Å². The van der Waals surface area contributed by atoms with Crippen LogP contribution in [0, 0.1) is 0 Å². The fourth-order valence-electron chi connectivity index (χ4n) is 1.26. The van der Waals surface area contributed by atoms with Gasteiger partial charge in [-0.25, -0.2) is 0 Å². The first kappa shape index (κ1) is 15.7. The standard InChI is InChI=1S/C12H15ClN2O3S/c1-17-5-4-15-11(16)7-18-10-3-2-8(12(14)19)6-9(10)13/h2-3,6H,4-5,7H2,1H3,(H2,14,19)(H,15,16). The highest BCUT2D eigenvalue weighted by Gasteiger charge is 2.07.